The van der Waals surface area contributed by atoms with Gasteiger partial charge in [0.15, 0.2) is 5.92 Å². The molecule has 17 heavy (non-hydrogen) atoms. The van der Waals surface area contributed by atoms with E-state index >= 15 is 0 Å². The van der Waals surface area contributed by atoms with Gasteiger partial charge in [-0.05, 0) is 6.42 Å². The topological polar surface area (TPSA) is 69.7 Å². The van der Waals surface area contributed by atoms with Gasteiger partial charge in [0, 0.05) is 6.08 Å². The van der Waals surface area contributed by atoms with Crippen LogP contribution in [-0.4, -0.2) is 25.0 Å². The quantitative estimate of drug-likeness (QED) is 0.220. The molecule has 0 aromatic rings. The molecule has 1 atom stereocenters. The second-order valence-electron chi connectivity index (χ2n) is 2.81. The zero-order valence-corrected chi connectivity index (χ0v) is 17.1. The molecule has 0 fully saturated rings. The molecule has 0 spiro atoms. The average molecular weight is 294 g/mol. The molecule has 0 aliphatic carbocycles. The number of carbonyl (C=O) groups is 3. The van der Waals surface area contributed by atoms with E-state index in [9.17, 15) is 14.4 Å². The molecule has 7 heteroatoms. The fourth-order valence-electron chi connectivity index (χ4n) is 0.975. The molecular formula is C10H16K2O5. The van der Waals surface area contributed by atoms with E-state index in [0.29, 0.717) is 6.42 Å². The van der Waals surface area contributed by atoms with Crippen LogP contribution in [0.1, 0.15) is 22.6 Å². The van der Waals surface area contributed by atoms with Gasteiger partial charge in [-0.3, -0.25) is 9.59 Å². The van der Waals surface area contributed by atoms with Crippen LogP contribution >= 0.6 is 0 Å². The summed E-state index contributed by atoms with van der Waals surface area (Å²) in [5.74, 6) is -3.50. The fraction of sp³-hybridized carbons (Fsp3) is 0.500. The number of methoxy groups -OCH3 is 1. The minimum atomic E-state index is -1.04. The Hall–Kier alpha value is 1.62. The first kappa shape index (κ1) is 23.7. The second kappa shape index (κ2) is 14.0. The van der Waals surface area contributed by atoms with Gasteiger partial charge in [-0.2, -0.15) is 0 Å². The van der Waals surface area contributed by atoms with Crippen molar-refractivity contribution in [2.24, 2.45) is 5.92 Å². The molecule has 0 aromatic carbocycles. The molecule has 0 N–H and O–H groups in total. The van der Waals surface area contributed by atoms with Crippen LogP contribution in [0, 0.1) is 5.92 Å². The summed E-state index contributed by atoms with van der Waals surface area (Å²) in [6, 6.07) is 0. The summed E-state index contributed by atoms with van der Waals surface area (Å²) >= 11 is 0. The first-order chi connectivity index (χ1) is 7.06. The SMILES string of the molecule is C=CC(=O)OC(=O)C(CCC)C(=O)OC.[H-].[H-].[K+].[K+]. The minimum absolute atomic E-state index is 0. The van der Waals surface area contributed by atoms with Crippen molar-refractivity contribution < 1.29 is 129 Å². The Morgan fingerprint density at radius 3 is 2.18 bits per heavy atom. The zero-order valence-electron chi connectivity index (χ0n) is 12.8. The van der Waals surface area contributed by atoms with Crippen molar-refractivity contribution in [2.75, 3.05) is 7.11 Å². The molecule has 88 valence electrons. The number of hydrogen-bond acceptors (Lipinski definition) is 5. The van der Waals surface area contributed by atoms with Gasteiger partial charge in [-0.1, -0.05) is 19.9 Å². The summed E-state index contributed by atoms with van der Waals surface area (Å²) in [6.45, 7) is 4.95. The van der Waals surface area contributed by atoms with Crippen molar-refractivity contribution in [3.8, 4) is 0 Å². The largest absolute Gasteiger partial charge is 1.00 e. The van der Waals surface area contributed by atoms with Crippen molar-refractivity contribution in [3.05, 3.63) is 12.7 Å². The average Bonchev–Trinajstić information content (AvgIpc) is 2.24. The van der Waals surface area contributed by atoms with E-state index in [1.807, 2.05) is 0 Å². The van der Waals surface area contributed by atoms with Crippen molar-refractivity contribution in [3.63, 3.8) is 0 Å². The third-order valence-electron chi connectivity index (χ3n) is 1.72. The molecule has 5 nitrogen and oxygen atoms in total. The molecule has 0 aliphatic rings. The van der Waals surface area contributed by atoms with Gasteiger partial charge in [0.05, 0.1) is 7.11 Å². The second-order valence-corrected chi connectivity index (χ2v) is 2.81. The Bertz CT molecular complexity index is 287. The molecule has 0 saturated heterocycles. The molecule has 0 aromatic heterocycles. The molecule has 0 aliphatic heterocycles. The van der Waals surface area contributed by atoms with E-state index in [-0.39, 0.29) is 112 Å². The molecule has 0 amide bonds. The maximum atomic E-state index is 11.3. The molecule has 1 unspecified atom stereocenters. The summed E-state index contributed by atoms with van der Waals surface area (Å²) in [5.41, 5.74) is 0. The van der Waals surface area contributed by atoms with Gasteiger partial charge < -0.3 is 12.3 Å². The zero-order chi connectivity index (χ0) is 11.8. The summed E-state index contributed by atoms with van der Waals surface area (Å²) < 4.78 is 8.76. The third kappa shape index (κ3) is 10.1. The van der Waals surface area contributed by atoms with Crippen LogP contribution in [0.5, 0.6) is 0 Å². The molecular weight excluding hydrogens is 278 g/mol. The standard InChI is InChI=1S/C10H14O5.2K.2H/c1-4-6-7(9(12)14-3)10(13)15-8(11)5-2;;;;/h5,7H,2,4,6H2,1,3H3;;;;/q;2*+1;2*-1. The Morgan fingerprint density at radius 2 is 1.82 bits per heavy atom. The van der Waals surface area contributed by atoms with Gasteiger partial charge in [0.25, 0.3) is 0 Å². The van der Waals surface area contributed by atoms with Crippen LogP contribution < -0.4 is 103 Å². The van der Waals surface area contributed by atoms with Crippen LogP contribution in [0.15, 0.2) is 12.7 Å². The van der Waals surface area contributed by atoms with E-state index in [1.54, 1.807) is 6.92 Å². The number of rotatable bonds is 5. The predicted molar refractivity (Wildman–Crippen MR) is 53.9 cm³/mol. The van der Waals surface area contributed by atoms with Gasteiger partial charge in [-0.25, -0.2) is 4.79 Å². The monoisotopic (exact) mass is 294 g/mol. The van der Waals surface area contributed by atoms with Crippen molar-refractivity contribution in [2.45, 2.75) is 19.8 Å². The van der Waals surface area contributed by atoms with E-state index in [2.05, 4.69) is 16.1 Å². The molecule has 0 rings (SSSR count). The van der Waals surface area contributed by atoms with Gasteiger partial charge in [0.1, 0.15) is 0 Å². The fourth-order valence-corrected chi connectivity index (χ4v) is 0.975. The smallest absolute Gasteiger partial charge is 1.00 e. The predicted octanol–water partition coefficient (Wildman–Crippen LogP) is -4.94. The minimum Gasteiger partial charge on any atom is -1.00 e. The Kier molecular flexibility index (Phi) is 19.6. The summed E-state index contributed by atoms with van der Waals surface area (Å²) in [6.07, 6.45) is 1.76. The van der Waals surface area contributed by atoms with Gasteiger partial charge >= 0.3 is 121 Å². The molecule has 0 bridgehead atoms. The Labute approximate surface area is 189 Å². The van der Waals surface area contributed by atoms with Crippen LogP contribution in [0.4, 0.5) is 0 Å². The number of ether oxygens (including phenoxy) is 2. The van der Waals surface area contributed by atoms with Crippen LogP contribution in [0.3, 0.4) is 0 Å². The van der Waals surface area contributed by atoms with Gasteiger partial charge in [0.2, 0.25) is 0 Å². The van der Waals surface area contributed by atoms with Gasteiger partial charge in [-0.15, -0.1) is 0 Å². The summed E-state index contributed by atoms with van der Waals surface area (Å²) in [7, 11) is 1.17. The van der Waals surface area contributed by atoms with Crippen molar-refractivity contribution >= 4 is 17.9 Å². The molecule has 0 saturated carbocycles. The first-order valence-electron chi connectivity index (χ1n) is 4.52. The van der Waals surface area contributed by atoms with Crippen LogP contribution in [0.25, 0.3) is 0 Å². The number of hydrogen-bond donors (Lipinski definition) is 0. The van der Waals surface area contributed by atoms with Crippen molar-refractivity contribution in [1.29, 1.82) is 0 Å². The normalized spacial score (nSPS) is 10.0. The van der Waals surface area contributed by atoms with E-state index in [4.69, 9.17) is 0 Å². The first-order valence-corrected chi connectivity index (χ1v) is 4.52. The Morgan fingerprint density at radius 1 is 1.29 bits per heavy atom. The number of carbonyl (C=O) groups excluding carboxylic acids is 3. The Balaban J connectivity index is -0.000000163. The maximum absolute atomic E-state index is 11.3. The summed E-state index contributed by atoms with van der Waals surface area (Å²) in [4.78, 5) is 33.2. The van der Waals surface area contributed by atoms with E-state index < -0.39 is 23.8 Å². The van der Waals surface area contributed by atoms with E-state index in [0.717, 1.165) is 6.08 Å². The van der Waals surface area contributed by atoms with Crippen molar-refractivity contribution in [1.82, 2.24) is 0 Å². The molecule has 0 heterocycles. The van der Waals surface area contributed by atoms with E-state index in [1.165, 1.54) is 7.11 Å². The maximum Gasteiger partial charge on any atom is 1.00 e. The number of esters is 3. The molecule has 0 radical (unpaired) electrons. The summed E-state index contributed by atoms with van der Waals surface area (Å²) in [5, 5.41) is 0. The third-order valence-corrected chi connectivity index (χ3v) is 1.72. The van der Waals surface area contributed by atoms with Crippen LogP contribution in [0.2, 0.25) is 0 Å². The van der Waals surface area contributed by atoms with Crippen LogP contribution in [-0.2, 0) is 23.9 Å².